The molecule has 0 saturated carbocycles. The molecule has 0 radical (unpaired) electrons. The number of amides is 1. The third-order valence-electron chi connectivity index (χ3n) is 5.30. The van der Waals surface area contributed by atoms with Crippen molar-refractivity contribution in [3.05, 3.63) is 93.4 Å². The van der Waals surface area contributed by atoms with Crippen molar-refractivity contribution in [2.24, 2.45) is 0 Å². The SMILES string of the molecule is O=C(Cc1ccc(F)cc1)NCC(c1ccsc1)N1CCc2ccccc2C1. The smallest absolute Gasteiger partial charge is 0.224 e. The molecule has 1 aliphatic rings. The molecule has 0 bridgehead atoms. The number of halogens is 1. The average Bonchev–Trinajstić information content (AvgIpc) is 3.24. The maximum Gasteiger partial charge on any atom is 0.224 e. The molecule has 1 amide bonds. The van der Waals surface area contributed by atoms with E-state index in [-0.39, 0.29) is 24.2 Å². The molecular formula is C23H23FN2OS. The largest absolute Gasteiger partial charge is 0.354 e. The highest BCUT2D eigenvalue weighted by molar-refractivity contribution is 7.07. The van der Waals surface area contributed by atoms with Crippen molar-refractivity contribution in [3.8, 4) is 0 Å². The first kappa shape index (κ1) is 18.8. The van der Waals surface area contributed by atoms with Gasteiger partial charge in [0.25, 0.3) is 0 Å². The summed E-state index contributed by atoms with van der Waals surface area (Å²) in [4.78, 5) is 14.9. The first-order chi connectivity index (χ1) is 13.7. The Morgan fingerprint density at radius 2 is 1.89 bits per heavy atom. The lowest BCUT2D eigenvalue weighted by Gasteiger charge is -2.35. The quantitative estimate of drug-likeness (QED) is 0.674. The van der Waals surface area contributed by atoms with Crippen LogP contribution >= 0.6 is 11.3 Å². The lowest BCUT2D eigenvalue weighted by Crippen LogP contribution is -2.40. The van der Waals surface area contributed by atoms with E-state index in [0.717, 1.165) is 25.1 Å². The first-order valence-corrected chi connectivity index (χ1v) is 10.5. The number of fused-ring (bicyclic) bond motifs is 1. The monoisotopic (exact) mass is 394 g/mol. The van der Waals surface area contributed by atoms with E-state index in [0.29, 0.717) is 6.54 Å². The zero-order valence-corrected chi connectivity index (χ0v) is 16.4. The number of hydrogen-bond acceptors (Lipinski definition) is 3. The Morgan fingerprint density at radius 3 is 2.64 bits per heavy atom. The van der Waals surface area contributed by atoms with Gasteiger partial charge in [-0.2, -0.15) is 11.3 Å². The molecule has 2 heterocycles. The van der Waals surface area contributed by atoms with Gasteiger partial charge in [-0.3, -0.25) is 9.69 Å². The van der Waals surface area contributed by atoms with E-state index in [9.17, 15) is 9.18 Å². The van der Waals surface area contributed by atoms with Crippen LogP contribution in [0, 0.1) is 5.82 Å². The van der Waals surface area contributed by atoms with E-state index in [1.165, 1.54) is 28.8 Å². The number of carbonyl (C=O) groups is 1. The van der Waals surface area contributed by atoms with Crippen molar-refractivity contribution >= 4 is 17.2 Å². The minimum absolute atomic E-state index is 0.0377. The number of thiophene rings is 1. The third-order valence-corrected chi connectivity index (χ3v) is 6.00. The van der Waals surface area contributed by atoms with Gasteiger partial charge < -0.3 is 5.32 Å². The number of hydrogen-bond donors (Lipinski definition) is 1. The van der Waals surface area contributed by atoms with Gasteiger partial charge >= 0.3 is 0 Å². The van der Waals surface area contributed by atoms with Crippen LogP contribution in [0.25, 0.3) is 0 Å². The topological polar surface area (TPSA) is 32.3 Å². The molecule has 4 rings (SSSR count). The fraction of sp³-hybridized carbons (Fsp3) is 0.261. The first-order valence-electron chi connectivity index (χ1n) is 9.53. The van der Waals surface area contributed by atoms with Gasteiger partial charge in [0.05, 0.1) is 12.5 Å². The molecular weight excluding hydrogens is 371 g/mol. The summed E-state index contributed by atoms with van der Waals surface area (Å²) in [7, 11) is 0. The Morgan fingerprint density at radius 1 is 1.11 bits per heavy atom. The van der Waals surface area contributed by atoms with Gasteiger partial charge in [0, 0.05) is 19.6 Å². The van der Waals surface area contributed by atoms with E-state index in [1.54, 1.807) is 23.5 Å². The van der Waals surface area contributed by atoms with E-state index >= 15 is 0 Å². The fourth-order valence-electron chi connectivity index (χ4n) is 3.77. The molecule has 1 aliphatic heterocycles. The molecule has 2 aromatic carbocycles. The van der Waals surface area contributed by atoms with Crippen LogP contribution in [0.2, 0.25) is 0 Å². The highest BCUT2D eigenvalue weighted by Gasteiger charge is 2.25. The molecule has 0 fully saturated rings. The molecule has 0 spiro atoms. The molecule has 28 heavy (non-hydrogen) atoms. The van der Waals surface area contributed by atoms with Crippen LogP contribution in [-0.4, -0.2) is 23.9 Å². The number of benzene rings is 2. The summed E-state index contributed by atoms with van der Waals surface area (Å²) in [6, 6.07) is 17.0. The summed E-state index contributed by atoms with van der Waals surface area (Å²) in [5.74, 6) is -0.323. The van der Waals surface area contributed by atoms with E-state index in [4.69, 9.17) is 0 Å². The molecule has 144 valence electrons. The van der Waals surface area contributed by atoms with Crippen molar-refractivity contribution in [2.45, 2.75) is 25.4 Å². The summed E-state index contributed by atoms with van der Waals surface area (Å²) in [6.45, 7) is 2.44. The lowest BCUT2D eigenvalue weighted by molar-refractivity contribution is -0.120. The van der Waals surface area contributed by atoms with Crippen LogP contribution in [0.15, 0.2) is 65.4 Å². The second kappa shape index (κ2) is 8.67. The van der Waals surface area contributed by atoms with Crippen LogP contribution in [0.4, 0.5) is 4.39 Å². The molecule has 5 heteroatoms. The number of nitrogens with zero attached hydrogens (tertiary/aromatic N) is 1. The van der Waals surface area contributed by atoms with Gasteiger partial charge in [0.1, 0.15) is 5.82 Å². The van der Waals surface area contributed by atoms with Gasteiger partial charge in [-0.1, -0.05) is 36.4 Å². The van der Waals surface area contributed by atoms with Crippen molar-refractivity contribution in [1.82, 2.24) is 10.2 Å². The number of carbonyl (C=O) groups excluding carboxylic acids is 1. The molecule has 1 aromatic heterocycles. The van der Waals surface area contributed by atoms with Crippen molar-refractivity contribution in [1.29, 1.82) is 0 Å². The maximum absolute atomic E-state index is 13.0. The predicted molar refractivity (Wildman–Crippen MR) is 111 cm³/mol. The normalized spacial score (nSPS) is 15.0. The molecule has 0 aliphatic carbocycles. The molecule has 1 N–H and O–H groups in total. The van der Waals surface area contributed by atoms with Gasteiger partial charge in [-0.05, 0) is 57.6 Å². The second-order valence-corrected chi connectivity index (χ2v) is 7.95. The highest BCUT2D eigenvalue weighted by Crippen LogP contribution is 2.28. The Balaban J connectivity index is 1.43. The van der Waals surface area contributed by atoms with Crippen molar-refractivity contribution in [2.75, 3.05) is 13.1 Å². The molecule has 3 aromatic rings. The summed E-state index contributed by atoms with van der Waals surface area (Å²) in [5.41, 5.74) is 4.85. The maximum atomic E-state index is 13.0. The summed E-state index contributed by atoms with van der Waals surface area (Å²) < 4.78 is 13.0. The van der Waals surface area contributed by atoms with Crippen LogP contribution < -0.4 is 5.32 Å². The summed E-state index contributed by atoms with van der Waals surface area (Å²) in [6.07, 6.45) is 1.29. The Labute approximate surface area is 168 Å². The zero-order chi connectivity index (χ0) is 19.3. The predicted octanol–water partition coefficient (Wildman–Crippen LogP) is 4.35. The van der Waals surface area contributed by atoms with E-state index < -0.39 is 0 Å². The third kappa shape index (κ3) is 4.49. The zero-order valence-electron chi connectivity index (χ0n) is 15.6. The van der Waals surface area contributed by atoms with E-state index in [2.05, 4.69) is 51.3 Å². The highest BCUT2D eigenvalue weighted by atomic mass is 32.1. The lowest BCUT2D eigenvalue weighted by atomic mass is 9.97. The van der Waals surface area contributed by atoms with E-state index in [1.807, 2.05) is 0 Å². The Hall–Kier alpha value is -2.50. The average molecular weight is 395 g/mol. The standard InChI is InChI=1S/C23H23FN2OS/c24-21-7-5-17(6-8-21)13-23(27)25-14-22(20-10-12-28-16-20)26-11-9-18-3-1-2-4-19(18)15-26/h1-8,10,12,16,22H,9,11,13-15H2,(H,25,27). The summed E-state index contributed by atoms with van der Waals surface area (Å²) >= 11 is 1.68. The van der Waals surface area contributed by atoms with Crippen LogP contribution in [0.5, 0.6) is 0 Å². The van der Waals surface area contributed by atoms with Crippen LogP contribution in [0.3, 0.4) is 0 Å². The Bertz CT molecular complexity index is 924. The fourth-order valence-corrected chi connectivity index (χ4v) is 4.47. The molecule has 0 saturated heterocycles. The second-order valence-electron chi connectivity index (χ2n) is 7.17. The van der Waals surface area contributed by atoms with Crippen molar-refractivity contribution in [3.63, 3.8) is 0 Å². The van der Waals surface area contributed by atoms with Gasteiger partial charge in [0.15, 0.2) is 0 Å². The minimum Gasteiger partial charge on any atom is -0.354 e. The van der Waals surface area contributed by atoms with Gasteiger partial charge in [0.2, 0.25) is 5.91 Å². The number of nitrogens with one attached hydrogen (secondary N) is 1. The molecule has 1 unspecified atom stereocenters. The minimum atomic E-state index is -0.285. The van der Waals surface area contributed by atoms with Crippen LogP contribution in [0.1, 0.15) is 28.3 Å². The number of rotatable bonds is 6. The van der Waals surface area contributed by atoms with Gasteiger partial charge in [-0.15, -0.1) is 0 Å². The summed E-state index contributed by atoms with van der Waals surface area (Å²) in [5, 5.41) is 7.33. The van der Waals surface area contributed by atoms with Gasteiger partial charge in [-0.25, -0.2) is 4.39 Å². The van der Waals surface area contributed by atoms with Crippen LogP contribution in [-0.2, 0) is 24.2 Å². The molecule has 1 atom stereocenters. The molecule has 3 nitrogen and oxygen atoms in total. The van der Waals surface area contributed by atoms with Crippen molar-refractivity contribution < 1.29 is 9.18 Å². The Kier molecular flexibility index (Phi) is 5.84.